The van der Waals surface area contributed by atoms with Crippen LogP contribution in [0.3, 0.4) is 0 Å². The number of aromatic amines is 2. The van der Waals surface area contributed by atoms with Crippen LogP contribution < -0.4 is 5.56 Å². The molecule has 0 bridgehead atoms. The molecule has 0 unspecified atom stereocenters. The largest absolute Gasteiger partial charge is 0.433 e. The SMILES string of the molecule is O=c1[nH][nH]c(C(F)(F)F)c1Cc1ccc(I)cc1. The van der Waals surface area contributed by atoms with E-state index >= 15 is 0 Å². The fourth-order valence-electron chi connectivity index (χ4n) is 1.60. The van der Waals surface area contributed by atoms with E-state index in [-0.39, 0.29) is 12.0 Å². The van der Waals surface area contributed by atoms with Crippen molar-refractivity contribution in [2.45, 2.75) is 12.6 Å². The van der Waals surface area contributed by atoms with Gasteiger partial charge in [-0.15, -0.1) is 0 Å². The highest BCUT2D eigenvalue weighted by Gasteiger charge is 2.36. The number of hydrogen-bond acceptors (Lipinski definition) is 1. The van der Waals surface area contributed by atoms with Gasteiger partial charge in [0, 0.05) is 9.99 Å². The van der Waals surface area contributed by atoms with Crippen molar-refractivity contribution in [2.24, 2.45) is 0 Å². The Kier molecular flexibility index (Phi) is 3.51. The molecule has 0 fully saturated rings. The molecule has 0 amide bonds. The molecular formula is C11H8F3IN2O. The number of aromatic nitrogens is 2. The minimum atomic E-state index is -4.56. The minimum absolute atomic E-state index is 0.0510. The molecule has 0 aliphatic carbocycles. The van der Waals surface area contributed by atoms with Gasteiger partial charge >= 0.3 is 6.18 Å². The number of nitrogens with one attached hydrogen (secondary N) is 2. The predicted octanol–water partition coefficient (Wildman–Crippen LogP) is 2.92. The quantitative estimate of drug-likeness (QED) is 0.787. The van der Waals surface area contributed by atoms with Gasteiger partial charge < -0.3 is 0 Å². The lowest BCUT2D eigenvalue weighted by atomic mass is 10.1. The molecule has 0 atom stereocenters. The minimum Gasteiger partial charge on any atom is -0.293 e. The van der Waals surface area contributed by atoms with Crippen molar-refractivity contribution in [1.29, 1.82) is 0 Å². The van der Waals surface area contributed by atoms with Crippen molar-refractivity contribution in [3.05, 3.63) is 55.0 Å². The van der Waals surface area contributed by atoms with Crippen LogP contribution in [0.5, 0.6) is 0 Å². The van der Waals surface area contributed by atoms with Gasteiger partial charge in [0.05, 0.1) is 5.56 Å². The molecule has 1 aromatic heterocycles. The van der Waals surface area contributed by atoms with Crippen molar-refractivity contribution < 1.29 is 13.2 Å². The third-order valence-corrected chi connectivity index (χ3v) is 3.17. The summed E-state index contributed by atoms with van der Waals surface area (Å²) in [4.78, 5) is 11.4. The number of hydrogen-bond donors (Lipinski definition) is 2. The molecule has 1 heterocycles. The average molecular weight is 368 g/mol. The second-order valence-electron chi connectivity index (χ2n) is 3.73. The van der Waals surface area contributed by atoms with Gasteiger partial charge in [0.25, 0.3) is 5.56 Å². The fourth-order valence-corrected chi connectivity index (χ4v) is 1.96. The maximum absolute atomic E-state index is 12.6. The first-order chi connectivity index (χ1) is 8.38. The average Bonchev–Trinajstić information content (AvgIpc) is 2.63. The first kappa shape index (κ1) is 13.2. The summed E-state index contributed by atoms with van der Waals surface area (Å²) in [5, 5.41) is 3.86. The van der Waals surface area contributed by atoms with E-state index in [0.717, 1.165) is 3.57 Å². The van der Waals surface area contributed by atoms with Crippen LogP contribution in [0.2, 0.25) is 0 Å². The summed E-state index contributed by atoms with van der Waals surface area (Å²) in [6, 6.07) is 6.97. The topological polar surface area (TPSA) is 48.6 Å². The lowest BCUT2D eigenvalue weighted by molar-refractivity contribution is -0.141. The normalized spacial score (nSPS) is 11.8. The van der Waals surface area contributed by atoms with E-state index in [1.807, 2.05) is 10.2 Å². The molecule has 96 valence electrons. The van der Waals surface area contributed by atoms with Crippen molar-refractivity contribution in [3.63, 3.8) is 0 Å². The maximum atomic E-state index is 12.6. The summed E-state index contributed by atoms with van der Waals surface area (Å²) in [5.74, 6) is 0. The monoisotopic (exact) mass is 368 g/mol. The summed E-state index contributed by atoms with van der Waals surface area (Å²) in [6.45, 7) is 0. The molecule has 0 saturated carbocycles. The predicted molar refractivity (Wildman–Crippen MR) is 68.4 cm³/mol. The number of benzene rings is 1. The van der Waals surface area contributed by atoms with Crippen LogP contribution in [0.1, 0.15) is 16.8 Å². The Morgan fingerprint density at radius 2 is 1.72 bits per heavy atom. The molecule has 2 rings (SSSR count). The molecule has 0 saturated heterocycles. The van der Waals surface area contributed by atoms with Gasteiger partial charge in [-0.1, -0.05) is 12.1 Å². The van der Waals surface area contributed by atoms with Crippen LogP contribution in [-0.2, 0) is 12.6 Å². The van der Waals surface area contributed by atoms with E-state index in [1.165, 1.54) is 0 Å². The Labute approximate surface area is 114 Å². The fraction of sp³-hybridized carbons (Fsp3) is 0.182. The molecule has 18 heavy (non-hydrogen) atoms. The zero-order valence-electron chi connectivity index (χ0n) is 8.94. The highest BCUT2D eigenvalue weighted by atomic mass is 127. The van der Waals surface area contributed by atoms with Crippen LogP contribution in [0, 0.1) is 3.57 Å². The number of halogens is 4. The van der Waals surface area contributed by atoms with E-state index in [1.54, 1.807) is 24.3 Å². The van der Waals surface area contributed by atoms with Crippen LogP contribution in [-0.4, -0.2) is 10.2 Å². The van der Waals surface area contributed by atoms with Gasteiger partial charge in [-0.05, 0) is 40.3 Å². The van der Waals surface area contributed by atoms with E-state index in [9.17, 15) is 18.0 Å². The molecule has 7 heteroatoms. The first-order valence-electron chi connectivity index (χ1n) is 4.99. The van der Waals surface area contributed by atoms with Crippen molar-refractivity contribution in [1.82, 2.24) is 10.2 Å². The summed E-state index contributed by atoms with van der Waals surface area (Å²) in [5.41, 5.74) is -1.37. The molecule has 1 aromatic carbocycles. The molecule has 2 N–H and O–H groups in total. The Morgan fingerprint density at radius 3 is 2.28 bits per heavy atom. The second-order valence-corrected chi connectivity index (χ2v) is 4.98. The van der Waals surface area contributed by atoms with Crippen molar-refractivity contribution >= 4 is 22.6 Å². The Bertz CT molecular complexity index is 598. The van der Waals surface area contributed by atoms with Crippen molar-refractivity contribution in [2.75, 3.05) is 0 Å². The lowest BCUT2D eigenvalue weighted by Crippen LogP contribution is -2.13. The van der Waals surface area contributed by atoms with Gasteiger partial charge in [-0.2, -0.15) is 13.2 Å². The summed E-state index contributed by atoms with van der Waals surface area (Å²) < 4.78 is 38.9. The highest BCUT2D eigenvalue weighted by molar-refractivity contribution is 14.1. The Balaban J connectivity index is 2.37. The summed E-state index contributed by atoms with van der Waals surface area (Å²) in [6.07, 6.45) is -4.61. The first-order valence-corrected chi connectivity index (χ1v) is 6.07. The Morgan fingerprint density at radius 1 is 1.11 bits per heavy atom. The second kappa shape index (κ2) is 4.79. The third kappa shape index (κ3) is 2.77. The number of alkyl halides is 3. The van der Waals surface area contributed by atoms with Crippen LogP contribution in [0.25, 0.3) is 0 Å². The molecule has 0 aliphatic rings. The summed E-state index contributed by atoms with van der Waals surface area (Å²) >= 11 is 2.10. The van der Waals surface area contributed by atoms with Gasteiger partial charge in [0.1, 0.15) is 5.69 Å². The molecular weight excluding hydrogens is 360 g/mol. The standard InChI is InChI=1S/C11H8F3IN2O/c12-11(13,14)9-8(10(18)17-16-9)5-6-1-3-7(15)4-2-6/h1-4H,5H2,(H2,16,17,18). The van der Waals surface area contributed by atoms with Gasteiger partial charge in [0.2, 0.25) is 0 Å². The van der Waals surface area contributed by atoms with Crippen LogP contribution >= 0.6 is 22.6 Å². The van der Waals surface area contributed by atoms with Gasteiger partial charge in [-0.3, -0.25) is 15.0 Å². The van der Waals surface area contributed by atoms with E-state index in [0.29, 0.717) is 5.56 Å². The van der Waals surface area contributed by atoms with Crippen molar-refractivity contribution in [3.8, 4) is 0 Å². The van der Waals surface area contributed by atoms with E-state index in [2.05, 4.69) is 22.6 Å². The van der Waals surface area contributed by atoms with Crippen LogP contribution in [0.15, 0.2) is 29.1 Å². The van der Waals surface area contributed by atoms with E-state index in [4.69, 9.17) is 0 Å². The zero-order valence-corrected chi connectivity index (χ0v) is 11.1. The lowest BCUT2D eigenvalue weighted by Gasteiger charge is -2.06. The van der Waals surface area contributed by atoms with Gasteiger partial charge in [-0.25, -0.2) is 0 Å². The summed E-state index contributed by atoms with van der Waals surface area (Å²) in [7, 11) is 0. The number of rotatable bonds is 2. The molecule has 0 spiro atoms. The number of H-pyrrole nitrogens is 2. The van der Waals surface area contributed by atoms with E-state index < -0.39 is 17.4 Å². The smallest absolute Gasteiger partial charge is 0.293 e. The molecule has 3 nitrogen and oxygen atoms in total. The maximum Gasteiger partial charge on any atom is 0.433 e. The zero-order chi connectivity index (χ0) is 13.3. The van der Waals surface area contributed by atoms with Gasteiger partial charge in [0.15, 0.2) is 0 Å². The molecule has 0 radical (unpaired) electrons. The highest BCUT2D eigenvalue weighted by Crippen LogP contribution is 2.29. The molecule has 0 aliphatic heterocycles. The van der Waals surface area contributed by atoms with Crippen LogP contribution in [0.4, 0.5) is 13.2 Å². The Hall–Kier alpha value is -1.25. The third-order valence-electron chi connectivity index (χ3n) is 2.45. The molecule has 2 aromatic rings.